The van der Waals surface area contributed by atoms with Crippen LogP contribution in [0.25, 0.3) is 22.4 Å². The van der Waals surface area contributed by atoms with Crippen molar-refractivity contribution in [3.8, 4) is 17.1 Å². The highest BCUT2D eigenvalue weighted by atomic mass is 16.5. The van der Waals surface area contributed by atoms with Gasteiger partial charge in [0, 0.05) is 29.3 Å². The van der Waals surface area contributed by atoms with Crippen LogP contribution in [0.1, 0.15) is 16.9 Å². The quantitative estimate of drug-likeness (QED) is 0.518. The van der Waals surface area contributed by atoms with Crippen LogP contribution in [0, 0.1) is 13.8 Å². The van der Waals surface area contributed by atoms with Crippen LogP contribution in [0.4, 0.5) is 0 Å². The summed E-state index contributed by atoms with van der Waals surface area (Å²) in [4.78, 5) is 16.1. The van der Waals surface area contributed by atoms with Crippen LogP contribution in [0.15, 0.2) is 62.4 Å². The Morgan fingerprint density at radius 2 is 1.92 bits per heavy atom. The van der Waals surface area contributed by atoms with Crippen molar-refractivity contribution < 1.29 is 13.7 Å². The highest BCUT2D eigenvalue weighted by molar-refractivity contribution is 5.82. The minimum absolute atomic E-state index is 0.209. The lowest BCUT2D eigenvalue weighted by Crippen LogP contribution is -2.05. The van der Waals surface area contributed by atoms with Crippen LogP contribution in [0.5, 0.6) is 5.75 Å². The van der Waals surface area contributed by atoms with E-state index in [9.17, 15) is 4.79 Å². The molecule has 0 atom stereocenters. The van der Waals surface area contributed by atoms with Crippen molar-refractivity contribution in [1.82, 2.24) is 10.1 Å². The third-order valence-corrected chi connectivity index (χ3v) is 4.30. The zero-order valence-electron chi connectivity index (χ0n) is 14.4. The van der Waals surface area contributed by atoms with Gasteiger partial charge >= 0.3 is 5.63 Å². The third-order valence-electron chi connectivity index (χ3n) is 4.30. The van der Waals surface area contributed by atoms with Gasteiger partial charge in [-0.1, -0.05) is 11.2 Å². The smallest absolute Gasteiger partial charge is 0.339 e. The molecule has 0 fully saturated rings. The molecular formula is C20H16N2O4. The van der Waals surface area contributed by atoms with E-state index < -0.39 is 0 Å². The first-order valence-electron chi connectivity index (χ1n) is 8.15. The lowest BCUT2D eigenvalue weighted by atomic mass is 10.1. The van der Waals surface area contributed by atoms with E-state index in [2.05, 4.69) is 10.1 Å². The van der Waals surface area contributed by atoms with E-state index in [4.69, 9.17) is 13.7 Å². The van der Waals surface area contributed by atoms with E-state index >= 15 is 0 Å². The number of benzene rings is 1. The molecule has 4 aromatic rings. The molecule has 0 saturated heterocycles. The summed E-state index contributed by atoms with van der Waals surface area (Å²) in [5.41, 5.74) is 3.10. The Kier molecular flexibility index (Phi) is 4.01. The van der Waals surface area contributed by atoms with E-state index in [1.54, 1.807) is 25.3 Å². The molecule has 0 N–H and O–H groups in total. The lowest BCUT2D eigenvalue weighted by Gasteiger charge is -2.07. The summed E-state index contributed by atoms with van der Waals surface area (Å²) < 4.78 is 16.4. The molecule has 3 heterocycles. The van der Waals surface area contributed by atoms with Crippen molar-refractivity contribution >= 4 is 11.0 Å². The number of hydrogen-bond acceptors (Lipinski definition) is 6. The molecule has 26 heavy (non-hydrogen) atoms. The van der Waals surface area contributed by atoms with Crippen LogP contribution < -0.4 is 10.4 Å². The number of fused-ring (bicyclic) bond motifs is 1. The summed E-state index contributed by atoms with van der Waals surface area (Å²) in [7, 11) is 0. The third kappa shape index (κ3) is 2.97. The van der Waals surface area contributed by atoms with Crippen molar-refractivity contribution in [3.05, 3.63) is 76.0 Å². The zero-order valence-corrected chi connectivity index (χ0v) is 14.4. The predicted molar refractivity (Wildman–Crippen MR) is 96.0 cm³/mol. The van der Waals surface area contributed by atoms with Crippen LogP contribution >= 0.6 is 0 Å². The SMILES string of the molecule is Cc1c(C)c2ccc(OCc3cc(-c4ccccn4)no3)cc2oc1=O. The molecule has 0 amide bonds. The molecule has 0 spiro atoms. The molecule has 1 aromatic carbocycles. The lowest BCUT2D eigenvalue weighted by molar-refractivity contribution is 0.249. The Labute approximate surface area is 149 Å². The monoisotopic (exact) mass is 348 g/mol. The summed E-state index contributed by atoms with van der Waals surface area (Å²) in [6.07, 6.45) is 1.70. The largest absolute Gasteiger partial charge is 0.485 e. The Hall–Kier alpha value is -3.41. The minimum atomic E-state index is -0.331. The molecule has 0 unspecified atom stereocenters. The fraction of sp³-hybridized carbons (Fsp3) is 0.150. The number of hydrogen-bond donors (Lipinski definition) is 0. The first kappa shape index (κ1) is 16.1. The van der Waals surface area contributed by atoms with Gasteiger partial charge in [0.05, 0.1) is 5.69 Å². The number of nitrogens with zero attached hydrogens (tertiary/aromatic N) is 2. The van der Waals surface area contributed by atoms with Gasteiger partial charge in [-0.2, -0.15) is 0 Å². The zero-order chi connectivity index (χ0) is 18.1. The first-order chi connectivity index (χ1) is 12.6. The molecule has 4 rings (SSSR count). The fourth-order valence-corrected chi connectivity index (χ4v) is 2.69. The van der Waals surface area contributed by atoms with Crippen molar-refractivity contribution in [1.29, 1.82) is 0 Å². The molecule has 3 aromatic heterocycles. The van der Waals surface area contributed by atoms with E-state index in [1.165, 1.54) is 0 Å². The van der Waals surface area contributed by atoms with E-state index in [0.29, 0.717) is 28.4 Å². The van der Waals surface area contributed by atoms with E-state index in [-0.39, 0.29) is 12.2 Å². The van der Waals surface area contributed by atoms with E-state index in [1.807, 2.05) is 37.3 Å². The van der Waals surface area contributed by atoms with Gasteiger partial charge in [-0.3, -0.25) is 4.98 Å². The molecule has 0 bridgehead atoms. The normalized spacial score (nSPS) is 11.0. The molecule has 0 aliphatic carbocycles. The van der Waals surface area contributed by atoms with Crippen molar-refractivity contribution in [2.75, 3.05) is 0 Å². The summed E-state index contributed by atoms with van der Waals surface area (Å²) in [5.74, 6) is 1.16. The second-order valence-electron chi connectivity index (χ2n) is 5.98. The molecule has 0 radical (unpaired) electrons. The van der Waals surface area contributed by atoms with Crippen LogP contribution in [-0.2, 0) is 6.61 Å². The standard InChI is InChI=1S/C20H16N2O4/c1-12-13(2)20(23)25-19-10-14(6-7-16(12)19)24-11-15-9-18(22-26-15)17-5-3-4-8-21-17/h3-10H,11H2,1-2H3. The van der Waals surface area contributed by atoms with Crippen LogP contribution in [-0.4, -0.2) is 10.1 Å². The Balaban J connectivity index is 1.54. The van der Waals surface area contributed by atoms with Crippen LogP contribution in [0.3, 0.4) is 0 Å². The summed E-state index contributed by atoms with van der Waals surface area (Å²) in [5, 5.41) is 4.90. The van der Waals surface area contributed by atoms with Gasteiger partial charge in [-0.25, -0.2) is 4.79 Å². The number of rotatable bonds is 4. The van der Waals surface area contributed by atoms with Gasteiger partial charge < -0.3 is 13.7 Å². The number of aryl methyl sites for hydroxylation is 1. The Morgan fingerprint density at radius 1 is 1.04 bits per heavy atom. The molecule has 6 nitrogen and oxygen atoms in total. The van der Waals surface area contributed by atoms with Gasteiger partial charge in [0.15, 0.2) is 5.76 Å². The van der Waals surface area contributed by atoms with Crippen molar-refractivity contribution in [3.63, 3.8) is 0 Å². The Morgan fingerprint density at radius 3 is 2.73 bits per heavy atom. The number of pyridine rings is 1. The highest BCUT2D eigenvalue weighted by Gasteiger charge is 2.10. The van der Waals surface area contributed by atoms with Crippen LogP contribution in [0.2, 0.25) is 0 Å². The summed E-state index contributed by atoms with van der Waals surface area (Å²) >= 11 is 0. The summed E-state index contributed by atoms with van der Waals surface area (Å²) in [6, 6.07) is 12.8. The number of aromatic nitrogens is 2. The predicted octanol–water partition coefficient (Wildman–Crippen LogP) is 4.04. The Bertz CT molecular complexity index is 1130. The molecule has 0 aliphatic rings. The van der Waals surface area contributed by atoms with Crippen molar-refractivity contribution in [2.45, 2.75) is 20.5 Å². The maximum atomic E-state index is 11.8. The second kappa shape index (κ2) is 6.48. The number of ether oxygens (including phenoxy) is 1. The van der Waals surface area contributed by atoms with Gasteiger partial charge in [0.2, 0.25) is 0 Å². The van der Waals surface area contributed by atoms with Crippen molar-refractivity contribution in [2.24, 2.45) is 0 Å². The molecule has 0 aliphatic heterocycles. The van der Waals surface area contributed by atoms with Gasteiger partial charge in [0.25, 0.3) is 0 Å². The fourth-order valence-electron chi connectivity index (χ4n) is 2.69. The first-order valence-corrected chi connectivity index (χ1v) is 8.15. The van der Waals surface area contributed by atoms with E-state index in [0.717, 1.165) is 16.6 Å². The average Bonchev–Trinajstić information content (AvgIpc) is 3.14. The molecule has 0 saturated carbocycles. The maximum absolute atomic E-state index is 11.8. The molecular weight excluding hydrogens is 332 g/mol. The molecule has 6 heteroatoms. The topological polar surface area (TPSA) is 78.4 Å². The van der Waals surface area contributed by atoms with Gasteiger partial charge in [-0.15, -0.1) is 0 Å². The second-order valence-corrected chi connectivity index (χ2v) is 5.98. The maximum Gasteiger partial charge on any atom is 0.339 e. The van der Waals surface area contributed by atoms with Gasteiger partial charge in [0.1, 0.15) is 23.6 Å². The minimum Gasteiger partial charge on any atom is -0.485 e. The molecule has 130 valence electrons. The average molecular weight is 348 g/mol. The summed E-state index contributed by atoms with van der Waals surface area (Å²) in [6.45, 7) is 3.87. The highest BCUT2D eigenvalue weighted by Crippen LogP contribution is 2.25. The van der Waals surface area contributed by atoms with Gasteiger partial charge in [-0.05, 0) is 43.7 Å².